The molecule has 0 saturated heterocycles. The Labute approximate surface area is 279 Å². The number of anilines is 3. The molecule has 0 amide bonds. The van der Waals surface area contributed by atoms with Gasteiger partial charge in [0.15, 0.2) is 0 Å². The van der Waals surface area contributed by atoms with E-state index >= 15 is 0 Å². The van der Waals surface area contributed by atoms with Gasteiger partial charge in [0.2, 0.25) is 0 Å². The summed E-state index contributed by atoms with van der Waals surface area (Å²) in [6.45, 7) is 0. The Kier molecular flexibility index (Phi) is 6.84. The van der Waals surface area contributed by atoms with Crippen LogP contribution in [0.4, 0.5) is 17.1 Å². The van der Waals surface area contributed by atoms with E-state index in [4.69, 9.17) is 4.42 Å². The Morgan fingerprint density at radius 1 is 0.312 bits per heavy atom. The summed E-state index contributed by atoms with van der Waals surface area (Å²) in [7, 11) is 0. The lowest BCUT2D eigenvalue weighted by Crippen LogP contribution is -2.09. The zero-order valence-electron chi connectivity index (χ0n) is 26.3. The monoisotopic (exact) mass is 613 g/mol. The van der Waals surface area contributed by atoms with Gasteiger partial charge in [-0.15, -0.1) is 0 Å². The summed E-state index contributed by atoms with van der Waals surface area (Å²) >= 11 is 0. The molecular formula is C46H31NO. The fourth-order valence-electron chi connectivity index (χ4n) is 6.94. The highest BCUT2D eigenvalue weighted by Crippen LogP contribution is 2.43. The Balaban J connectivity index is 1.22. The first kappa shape index (κ1) is 27.9. The van der Waals surface area contributed by atoms with Gasteiger partial charge in [-0.25, -0.2) is 0 Å². The van der Waals surface area contributed by atoms with Gasteiger partial charge in [0, 0.05) is 27.8 Å². The maximum absolute atomic E-state index is 6.58. The van der Waals surface area contributed by atoms with Crippen molar-refractivity contribution in [2.75, 3.05) is 4.90 Å². The van der Waals surface area contributed by atoms with E-state index in [-0.39, 0.29) is 0 Å². The second-order valence-corrected chi connectivity index (χ2v) is 12.2. The van der Waals surface area contributed by atoms with Gasteiger partial charge in [-0.05, 0) is 92.7 Å². The number of furan rings is 1. The van der Waals surface area contributed by atoms with E-state index in [0.717, 1.165) is 39.0 Å². The van der Waals surface area contributed by atoms with Crippen molar-refractivity contribution < 1.29 is 4.42 Å². The summed E-state index contributed by atoms with van der Waals surface area (Å²) in [5.41, 5.74) is 12.2. The van der Waals surface area contributed by atoms with Crippen LogP contribution >= 0.6 is 0 Å². The molecule has 0 aliphatic heterocycles. The number of hydrogen-bond donors (Lipinski definition) is 0. The molecule has 0 atom stereocenters. The molecule has 0 spiro atoms. The Bertz CT molecular complexity index is 2430. The normalized spacial score (nSPS) is 11.3. The van der Waals surface area contributed by atoms with Crippen molar-refractivity contribution in [1.82, 2.24) is 0 Å². The molecule has 0 aliphatic rings. The maximum Gasteiger partial charge on any atom is 0.136 e. The van der Waals surface area contributed by atoms with Gasteiger partial charge >= 0.3 is 0 Å². The maximum atomic E-state index is 6.58. The predicted octanol–water partition coefficient (Wildman–Crippen LogP) is 13.2. The third-order valence-corrected chi connectivity index (χ3v) is 9.27. The molecule has 9 rings (SSSR count). The van der Waals surface area contributed by atoms with Crippen LogP contribution in [-0.2, 0) is 0 Å². The van der Waals surface area contributed by atoms with Crippen molar-refractivity contribution in [2.45, 2.75) is 0 Å². The Morgan fingerprint density at radius 2 is 0.771 bits per heavy atom. The molecule has 1 heterocycles. The van der Waals surface area contributed by atoms with Crippen LogP contribution < -0.4 is 4.90 Å². The van der Waals surface area contributed by atoms with Gasteiger partial charge in [-0.2, -0.15) is 0 Å². The van der Waals surface area contributed by atoms with Gasteiger partial charge in [-0.3, -0.25) is 0 Å². The van der Waals surface area contributed by atoms with Crippen LogP contribution in [0.5, 0.6) is 0 Å². The average molecular weight is 614 g/mol. The van der Waals surface area contributed by atoms with Crippen LogP contribution in [0, 0.1) is 0 Å². The average Bonchev–Trinajstić information content (AvgIpc) is 3.54. The number of benzene rings is 8. The van der Waals surface area contributed by atoms with Gasteiger partial charge in [0.1, 0.15) is 11.2 Å². The van der Waals surface area contributed by atoms with Crippen molar-refractivity contribution in [3.63, 3.8) is 0 Å². The predicted molar refractivity (Wildman–Crippen MR) is 202 cm³/mol. The largest absolute Gasteiger partial charge is 0.456 e. The highest BCUT2D eigenvalue weighted by Gasteiger charge is 2.19. The molecule has 2 heteroatoms. The van der Waals surface area contributed by atoms with Crippen molar-refractivity contribution in [1.29, 1.82) is 0 Å². The zero-order chi connectivity index (χ0) is 31.9. The number of hydrogen-bond acceptors (Lipinski definition) is 2. The molecule has 0 unspecified atom stereocenters. The number of fused-ring (bicyclic) bond motifs is 5. The van der Waals surface area contributed by atoms with Crippen molar-refractivity contribution in [2.24, 2.45) is 0 Å². The van der Waals surface area contributed by atoms with Crippen molar-refractivity contribution >= 4 is 49.8 Å². The van der Waals surface area contributed by atoms with Gasteiger partial charge in [0.05, 0.1) is 0 Å². The summed E-state index contributed by atoms with van der Waals surface area (Å²) in [6.07, 6.45) is 0. The summed E-state index contributed by atoms with van der Waals surface area (Å²) in [6, 6.07) is 66.8. The molecule has 0 aliphatic carbocycles. The molecule has 8 aromatic carbocycles. The molecule has 2 nitrogen and oxygen atoms in total. The zero-order valence-corrected chi connectivity index (χ0v) is 26.3. The quantitative estimate of drug-likeness (QED) is 0.185. The minimum Gasteiger partial charge on any atom is -0.456 e. The van der Waals surface area contributed by atoms with Crippen LogP contribution in [0.2, 0.25) is 0 Å². The first-order valence-electron chi connectivity index (χ1n) is 16.3. The first-order chi connectivity index (χ1) is 23.8. The highest BCUT2D eigenvalue weighted by atomic mass is 16.3. The van der Waals surface area contributed by atoms with Crippen LogP contribution in [0.25, 0.3) is 66.1 Å². The second kappa shape index (κ2) is 11.8. The molecule has 0 radical (unpaired) electrons. The highest BCUT2D eigenvalue weighted by molar-refractivity contribution is 6.22. The molecular weight excluding hydrogens is 583 g/mol. The molecule has 0 bridgehead atoms. The summed E-state index contributed by atoms with van der Waals surface area (Å²) in [5.74, 6) is 0. The third kappa shape index (κ3) is 4.92. The van der Waals surface area contributed by atoms with Gasteiger partial charge < -0.3 is 9.32 Å². The summed E-state index contributed by atoms with van der Waals surface area (Å²) < 4.78 is 6.58. The number of nitrogens with zero attached hydrogens (tertiary/aromatic N) is 1. The van der Waals surface area contributed by atoms with E-state index in [9.17, 15) is 0 Å². The van der Waals surface area contributed by atoms with E-state index in [1.807, 2.05) is 0 Å². The third-order valence-electron chi connectivity index (χ3n) is 9.27. The van der Waals surface area contributed by atoms with E-state index < -0.39 is 0 Å². The standard InChI is InChI=1S/C46H31NO/c1-4-12-32(13-5-1)34-20-24-37(25-21-34)47(38-26-22-35(23-27-38)33-14-6-2-7-15-33)39-28-29-44-43(30-39)46-41-19-11-10-18-40(41)42(31-45(46)48-44)36-16-8-3-9-17-36/h1-31H. The first-order valence-corrected chi connectivity index (χ1v) is 16.3. The molecule has 0 fully saturated rings. The Hall–Kier alpha value is -6.38. The lowest BCUT2D eigenvalue weighted by atomic mass is 9.95. The van der Waals surface area contributed by atoms with Gasteiger partial charge in [-0.1, -0.05) is 140 Å². The van der Waals surface area contributed by atoms with Crippen LogP contribution in [-0.4, -0.2) is 0 Å². The summed E-state index contributed by atoms with van der Waals surface area (Å²) in [4.78, 5) is 2.34. The van der Waals surface area contributed by atoms with Crippen molar-refractivity contribution in [3.05, 3.63) is 188 Å². The topological polar surface area (TPSA) is 16.4 Å². The van der Waals surface area contributed by atoms with E-state index in [0.29, 0.717) is 0 Å². The minimum absolute atomic E-state index is 0.878. The van der Waals surface area contributed by atoms with Crippen LogP contribution in [0.1, 0.15) is 0 Å². The molecule has 9 aromatic rings. The molecule has 1 aromatic heterocycles. The van der Waals surface area contributed by atoms with Crippen LogP contribution in [0.3, 0.4) is 0 Å². The van der Waals surface area contributed by atoms with Crippen LogP contribution in [0.15, 0.2) is 192 Å². The minimum atomic E-state index is 0.878. The molecule has 226 valence electrons. The lowest BCUT2D eigenvalue weighted by molar-refractivity contribution is 0.669. The van der Waals surface area contributed by atoms with E-state index in [2.05, 4.69) is 193 Å². The second-order valence-electron chi connectivity index (χ2n) is 12.2. The van der Waals surface area contributed by atoms with Gasteiger partial charge in [0.25, 0.3) is 0 Å². The fraction of sp³-hybridized carbons (Fsp3) is 0. The summed E-state index contributed by atoms with van der Waals surface area (Å²) in [5, 5.41) is 4.65. The molecule has 48 heavy (non-hydrogen) atoms. The number of rotatable bonds is 6. The Morgan fingerprint density at radius 3 is 1.33 bits per heavy atom. The van der Waals surface area contributed by atoms with Crippen molar-refractivity contribution in [3.8, 4) is 33.4 Å². The van der Waals surface area contributed by atoms with E-state index in [1.165, 1.54) is 44.2 Å². The molecule has 0 N–H and O–H groups in total. The lowest BCUT2D eigenvalue weighted by Gasteiger charge is -2.26. The van der Waals surface area contributed by atoms with E-state index in [1.54, 1.807) is 0 Å². The smallest absolute Gasteiger partial charge is 0.136 e. The SMILES string of the molecule is c1ccc(-c2ccc(N(c3ccc(-c4ccccc4)cc3)c3ccc4oc5cc(-c6ccccc6)c6ccccc6c5c4c3)cc2)cc1. The molecule has 0 saturated carbocycles. The fourth-order valence-corrected chi connectivity index (χ4v) is 6.94.